The predicted octanol–water partition coefficient (Wildman–Crippen LogP) is 4.59. The van der Waals surface area contributed by atoms with Crippen molar-refractivity contribution in [3.8, 4) is 5.75 Å². The van der Waals surface area contributed by atoms with E-state index >= 15 is 0 Å². The van der Waals surface area contributed by atoms with Crippen molar-refractivity contribution in [3.63, 3.8) is 0 Å². The number of carbonyl (C=O) groups excluding carboxylic acids is 1. The molecule has 32 heavy (non-hydrogen) atoms. The number of hydrogen-bond acceptors (Lipinski definition) is 8. The number of nitrogens with one attached hydrogen (secondary N) is 1. The number of amides is 1. The molecule has 1 saturated carbocycles. The van der Waals surface area contributed by atoms with Crippen LogP contribution >= 0.6 is 23.1 Å². The van der Waals surface area contributed by atoms with Gasteiger partial charge in [0.1, 0.15) is 5.75 Å². The number of nitrogens with zero attached hydrogens (tertiary/aromatic N) is 4. The summed E-state index contributed by atoms with van der Waals surface area (Å²) in [5.41, 5.74) is 2.98. The zero-order valence-electron chi connectivity index (χ0n) is 17.6. The minimum atomic E-state index is -0.147. The molecule has 3 aromatic rings. The molecule has 0 saturated heterocycles. The van der Waals surface area contributed by atoms with Gasteiger partial charge in [-0.3, -0.25) is 4.79 Å². The molecule has 0 radical (unpaired) electrons. The third kappa shape index (κ3) is 4.78. The average Bonchev–Trinajstić information content (AvgIpc) is 3.35. The van der Waals surface area contributed by atoms with Gasteiger partial charge >= 0.3 is 0 Å². The molecule has 5 rings (SSSR count). The molecule has 1 aliphatic carbocycles. The number of aromatic nitrogens is 2. The van der Waals surface area contributed by atoms with E-state index in [1.165, 1.54) is 35.9 Å². The number of hydrazone groups is 1. The van der Waals surface area contributed by atoms with Crippen molar-refractivity contribution >= 4 is 39.8 Å². The molecule has 1 amide bonds. The fraction of sp³-hybridized carbons (Fsp3) is 0.304. The van der Waals surface area contributed by atoms with Gasteiger partial charge in [-0.15, -0.1) is 10.2 Å². The van der Waals surface area contributed by atoms with E-state index in [-0.39, 0.29) is 17.7 Å². The van der Waals surface area contributed by atoms with Gasteiger partial charge in [0.05, 0.1) is 24.6 Å². The number of anilines is 1. The lowest BCUT2D eigenvalue weighted by Crippen LogP contribution is -2.28. The fourth-order valence-corrected chi connectivity index (χ4v) is 5.23. The van der Waals surface area contributed by atoms with E-state index in [2.05, 4.69) is 15.5 Å². The summed E-state index contributed by atoms with van der Waals surface area (Å²) in [5.74, 6) is 1.00. The van der Waals surface area contributed by atoms with E-state index in [4.69, 9.17) is 9.84 Å². The van der Waals surface area contributed by atoms with Gasteiger partial charge in [-0.2, -0.15) is 5.10 Å². The standard InChI is InChI=1S/C23H23N5O2S2/c1-30-18-11-7-16(8-12-18)20-13-19(15-5-3-2-4-6-15)27-28(20)21(29)14-31-23-26-25-22(32-23)24-17-9-10-17/h2-8,11-12,17,20H,9-10,13-14H2,1H3,(H,24,25). The SMILES string of the molecule is COc1ccc(C2CC(c3ccccc3)=NN2C(=O)CSc2nnc(NC3CC3)s2)cc1. The highest BCUT2D eigenvalue weighted by Crippen LogP contribution is 2.35. The largest absolute Gasteiger partial charge is 0.497 e. The summed E-state index contributed by atoms with van der Waals surface area (Å²) in [6.45, 7) is 0. The van der Waals surface area contributed by atoms with E-state index < -0.39 is 0 Å². The Hall–Kier alpha value is -2.91. The molecular formula is C23H23N5O2S2. The highest BCUT2D eigenvalue weighted by Gasteiger charge is 2.33. The van der Waals surface area contributed by atoms with Crippen molar-refractivity contribution < 1.29 is 9.53 Å². The third-order valence-corrected chi connectivity index (χ3v) is 7.38. The Morgan fingerprint density at radius 3 is 2.66 bits per heavy atom. The molecule has 7 nitrogen and oxygen atoms in total. The number of methoxy groups -OCH3 is 1. The fourth-order valence-electron chi connectivity index (χ4n) is 3.55. The van der Waals surface area contributed by atoms with Crippen molar-refractivity contribution in [1.82, 2.24) is 15.2 Å². The van der Waals surface area contributed by atoms with Gasteiger partial charge < -0.3 is 10.1 Å². The summed E-state index contributed by atoms with van der Waals surface area (Å²) in [4.78, 5) is 13.2. The Bertz CT molecular complexity index is 1110. The summed E-state index contributed by atoms with van der Waals surface area (Å²) in [5, 5.41) is 18.9. The van der Waals surface area contributed by atoms with E-state index in [1.807, 2.05) is 54.6 Å². The smallest absolute Gasteiger partial charge is 0.253 e. The second-order valence-electron chi connectivity index (χ2n) is 7.72. The summed E-state index contributed by atoms with van der Waals surface area (Å²) >= 11 is 2.90. The van der Waals surface area contributed by atoms with Gasteiger partial charge in [-0.05, 0) is 36.1 Å². The van der Waals surface area contributed by atoms with Gasteiger partial charge in [-0.25, -0.2) is 5.01 Å². The Morgan fingerprint density at radius 1 is 1.16 bits per heavy atom. The van der Waals surface area contributed by atoms with Crippen LogP contribution in [0.15, 0.2) is 64.0 Å². The van der Waals surface area contributed by atoms with Crippen LogP contribution in [0.5, 0.6) is 5.75 Å². The van der Waals surface area contributed by atoms with Crippen LogP contribution in [-0.4, -0.2) is 45.7 Å². The molecule has 9 heteroatoms. The Balaban J connectivity index is 1.32. The molecule has 1 aromatic heterocycles. The number of carbonyl (C=O) groups is 1. The van der Waals surface area contributed by atoms with Gasteiger partial charge in [-0.1, -0.05) is 65.6 Å². The minimum absolute atomic E-state index is 0.0475. The quantitative estimate of drug-likeness (QED) is 0.490. The monoisotopic (exact) mass is 465 g/mol. The first kappa shape index (κ1) is 21.0. The lowest BCUT2D eigenvalue weighted by atomic mass is 9.98. The van der Waals surface area contributed by atoms with Crippen molar-refractivity contribution in [1.29, 1.82) is 0 Å². The van der Waals surface area contributed by atoms with E-state index in [1.54, 1.807) is 12.1 Å². The first-order valence-electron chi connectivity index (χ1n) is 10.5. The third-order valence-electron chi connectivity index (χ3n) is 5.40. The van der Waals surface area contributed by atoms with E-state index in [0.29, 0.717) is 12.5 Å². The van der Waals surface area contributed by atoms with Crippen LogP contribution in [0.25, 0.3) is 0 Å². The summed E-state index contributed by atoms with van der Waals surface area (Å²) in [6.07, 6.45) is 3.04. The Labute approximate surface area is 194 Å². The second-order valence-corrected chi connectivity index (χ2v) is 9.92. The summed E-state index contributed by atoms with van der Waals surface area (Å²) < 4.78 is 6.07. The second kappa shape index (κ2) is 9.30. The van der Waals surface area contributed by atoms with Gasteiger partial charge in [0, 0.05) is 12.5 Å². The van der Waals surface area contributed by atoms with Crippen LogP contribution in [0.2, 0.25) is 0 Å². The Kier molecular flexibility index (Phi) is 6.09. The van der Waals surface area contributed by atoms with Crippen LogP contribution in [0, 0.1) is 0 Å². The van der Waals surface area contributed by atoms with E-state index in [0.717, 1.165) is 32.1 Å². The zero-order valence-corrected chi connectivity index (χ0v) is 19.2. The zero-order chi connectivity index (χ0) is 21.9. The van der Waals surface area contributed by atoms with Crippen molar-refractivity contribution in [2.75, 3.05) is 18.2 Å². The molecule has 164 valence electrons. The van der Waals surface area contributed by atoms with Gasteiger partial charge in [0.2, 0.25) is 5.13 Å². The molecule has 0 bridgehead atoms. The van der Waals surface area contributed by atoms with Gasteiger partial charge in [0.25, 0.3) is 5.91 Å². The molecule has 0 spiro atoms. The first-order chi connectivity index (χ1) is 15.7. The normalized spacial score (nSPS) is 17.8. The molecule has 1 unspecified atom stereocenters. The molecule has 2 aliphatic rings. The molecule has 1 atom stereocenters. The molecule has 2 heterocycles. The maximum Gasteiger partial charge on any atom is 0.253 e. The minimum Gasteiger partial charge on any atom is -0.497 e. The van der Waals surface area contributed by atoms with Crippen LogP contribution in [0.4, 0.5) is 5.13 Å². The number of ether oxygens (including phenoxy) is 1. The highest BCUT2D eigenvalue weighted by molar-refractivity contribution is 8.01. The molecule has 1 N–H and O–H groups in total. The van der Waals surface area contributed by atoms with Crippen LogP contribution in [-0.2, 0) is 4.79 Å². The number of thioether (sulfide) groups is 1. The Morgan fingerprint density at radius 2 is 1.94 bits per heavy atom. The van der Waals surface area contributed by atoms with Crippen LogP contribution in [0.1, 0.15) is 36.4 Å². The predicted molar refractivity (Wildman–Crippen MR) is 127 cm³/mol. The van der Waals surface area contributed by atoms with Crippen molar-refractivity contribution in [3.05, 3.63) is 65.7 Å². The lowest BCUT2D eigenvalue weighted by molar-refractivity contribution is -0.130. The van der Waals surface area contributed by atoms with Crippen LogP contribution in [0.3, 0.4) is 0 Å². The maximum atomic E-state index is 13.2. The number of rotatable bonds is 8. The highest BCUT2D eigenvalue weighted by atomic mass is 32.2. The van der Waals surface area contributed by atoms with Crippen molar-refractivity contribution in [2.24, 2.45) is 5.10 Å². The molecule has 1 fully saturated rings. The van der Waals surface area contributed by atoms with Gasteiger partial charge in [0.15, 0.2) is 4.34 Å². The lowest BCUT2D eigenvalue weighted by Gasteiger charge is -2.22. The summed E-state index contributed by atoms with van der Waals surface area (Å²) in [6, 6.07) is 18.2. The first-order valence-corrected chi connectivity index (χ1v) is 12.3. The van der Waals surface area contributed by atoms with Crippen molar-refractivity contribution in [2.45, 2.75) is 35.7 Å². The number of hydrogen-bond donors (Lipinski definition) is 1. The molecule has 2 aromatic carbocycles. The topological polar surface area (TPSA) is 79.7 Å². The molecule has 1 aliphatic heterocycles. The maximum absolute atomic E-state index is 13.2. The van der Waals surface area contributed by atoms with Crippen LogP contribution < -0.4 is 10.1 Å². The average molecular weight is 466 g/mol. The van der Waals surface area contributed by atoms with E-state index in [9.17, 15) is 4.79 Å². The number of benzene rings is 2. The summed E-state index contributed by atoms with van der Waals surface area (Å²) in [7, 11) is 1.65. The molecular weight excluding hydrogens is 442 g/mol.